The molecule has 0 heterocycles. The smallest absolute Gasteiger partial charge is 0.192 e. The Morgan fingerprint density at radius 2 is 1.80 bits per heavy atom. The highest BCUT2D eigenvalue weighted by molar-refractivity contribution is 9.10. The number of halogens is 4. The zero-order chi connectivity index (χ0) is 11.5. The Morgan fingerprint density at radius 1 is 1.27 bits per heavy atom. The maximum Gasteiger partial charge on any atom is 0.426 e. The first-order valence-corrected chi connectivity index (χ1v) is 4.67. The normalized spacial score (nSPS) is 12.3. The highest BCUT2D eigenvalue weighted by Gasteiger charge is 2.33. The zero-order valence-corrected chi connectivity index (χ0v) is 8.93. The van der Waals surface area contributed by atoms with Crippen molar-refractivity contribution in [2.45, 2.75) is 6.18 Å². The molecular weight excluding hydrogens is 271 g/mol. The number of allylic oxidation sites excluding steroid dienone is 1. The molecule has 0 saturated carbocycles. The average molecular weight is 276 g/mol. The Balaban J connectivity index is 3.06. The minimum atomic E-state index is -4.60. The van der Waals surface area contributed by atoms with Crippen molar-refractivity contribution in [3.8, 4) is 6.07 Å². The van der Waals surface area contributed by atoms with Crippen molar-refractivity contribution in [1.29, 1.82) is 5.26 Å². The molecule has 0 aliphatic carbocycles. The van der Waals surface area contributed by atoms with E-state index in [4.69, 9.17) is 5.26 Å². The summed E-state index contributed by atoms with van der Waals surface area (Å²) in [6.07, 6.45) is -3.78. The first-order valence-electron chi connectivity index (χ1n) is 3.88. The van der Waals surface area contributed by atoms with Crippen molar-refractivity contribution < 1.29 is 13.2 Å². The number of rotatable bonds is 1. The van der Waals surface area contributed by atoms with Gasteiger partial charge in [0.2, 0.25) is 0 Å². The standard InChI is InChI=1S/C10H5BrF3N/c11-9-3-1-7(2-4-9)5-8(6-15)10(12,13)14/h1-5H/b8-5+. The summed E-state index contributed by atoms with van der Waals surface area (Å²) in [5, 5.41) is 8.33. The van der Waals surface area contributed by atoms with Crippen molar-refractivity contribution >= 4 is 22.0 Å². The van der Waals surface area contributed by atoms with E-state index in [1.165, 1.54) is 12.1 Å². The Bertz CT molecular complexity index is 412. The van der Waals surface area contributed by atoms with Crippen LogP contribution in [-0.4, -0.2) is 6.18 Å². The topological polar surface area (TPSA) is 23.8 Å². The summed E-state index contributed by atoms with van der Waals surface area (Å²) in [6, 6.07) is 7.33. The van der Waals surface area contributed by atoms with Gasteiger partial charge in [0, 0.05) is 4.47 Å². The van der Waals surface area contributed by atoms with Crippen LogP contribution in [0.4, 0.5) is 13.2 Å². The molecule has 0 aliphatic heterocycles. The van der Waals surface area contributed by atoms with E-state index in [1.807, 2.05) is 0 Å². The van der Waals surface area contributed by atoms with Crippen LogP contribution in [-0.2, 0) is 0 Å². The van der Waals surface area contributed by atoms with Gasteiger partial charge in [-0.25, -0.2) is 0 Å². The van der Waals surface area contributed by atoms with E-state index in [0.29, 0.717) is 5.56 Å². The van der Waals surface area contributed by atoms with E-state index >= 15 is 0 Å². The van der Waals surface area contributed by atoms with Crippen LogP contribution < -0.4 is 0 Å². The van der Waals surface area contributed by atoms with Crippen molar-refractivity contribution in [1.82, 2.24) is 0 Å². The van der Waals surface area contributed by atoms with Crippen LogP contribution in [0.2, 0.25) is 0 Å². The highest BCUT2D eigenvalue weighted by Crippen LogP contribution is 2.27. The lowest BCUT2D eigenvalue weighted by atomic mass is 10.1. The van der Waals surface area contributed by atoms with Gasteiger partial charge in [0.05, 0.1) is 0 Å². The summed E-state index contributed by atoms with van der Waals surface area (Å²) in [5.41, 5.74) is -0.864. The number of hydrogen-bond donors (Lipinski definition) is 0. The zero-order valence-electron chi connectivity index (χ0n) is 7.35. The van der Waals surface area contributed by atoms with Crippen LogP contribution in [0.1, 0.15) is 5.56 Å². The molecule has 0 atom stereocenters. The molecule has 0 radical (unpaired) electrons. The van der Waals surface area contributed by atoms with Gasteiger partial charge in [0.15, 0.2) is 0 Å². The summed E-state index contributed by atoms with van der Waals surface area (Å²) in [4.78, 5) is 0. The highest BCUT2D eigenvalue weighted by atomic mass is 79.9. The van der Waals surface area contributed by atoms with Crippen LogP contribution >= 0.6 is 15.9 Å². The minimum absolute atomic E-state index is 0.340. The third-order valence-electron chi connectivity index (χ3n) is 1.61. The van der Waals surface area contributed by atoms with E-state index < -0.39 is 11.7 Å². The first-order chi connectivity index (χ1) is 6.93. The lowest BCUT2D eigenvalue weighted by Crippen LogP contribution is -2.09. The molecule has 78 valence electrons. The SMILES string of the molecule is N#C/C(=C\c1ccc(Br)cc1)C(F)(F)F. The molecular formula is C10H5BrF3N. The molecule has 1 rings (SSSR count). The maximum absolute atomic E-state index is 12.2. The van der Waals surface area contributed by atoms with Crippen LogP contribution in [0.5, 0.6) is 0 Å². The second kappa shape index (κ2) is 4.49. The second-order valence-corrected chi connectivity index (χ2v) is 3.63. The van der Waals surface area contributed by atoms with Gasteiger partial charge in [-0.1, -0.05) is 28.1 Å². The molecule has 0 saturated heterocycles. The number of nitriles is 1. The Labute approximate surface area is 93.0 Å². The first kappa shape index (κ1) is 11.8. The quantitative estimate of drug-likeness (QED) is 0.713. The molecule has 0 N–H and O–H groups in total. The summed E-state index contributed by atoms with van der Waals surface area (Å²) in [5.74, 6) is 0. The molecule has 0 aromatic heterocycles. The number of nitrogens with zero attached hydrogens (tertiary/aromatic N) is 1. The lowest BCUT2D eigenvalue weighted by Gasteiger charge is -2.03. The predicted octanol–water partition coefficient (Wildman–Crippen LogP) is 3.92. The van der Waals surface area contributed by atoms with E-state index in [2.05, 4.69) is 15.9 Å². The fourth-order valence-corrected chi connectivity index (χ4v) is 1.17. The van der Waals surface area contributed by atoms with Crippen molar-refractivity contribution in [2.24, 2.45) is 0 Å². The van der Waals surface area contributed by atoms with Crippen molar-refractivity contribution in [3.05, 3.63) is 39.9 Å². The second-order valence-electron chi connectivity index (χ2n) is 2.72. The van der Waals surface area contributed by atoms with E-state index in [1.54, 1.807) is 12.1 Å². The van der Waals surface area contributed by atoms with Gasteiger partial charge >= 0.3 is 6.18 Å². The average Bonchev–Trinajstić information content (AvgIpc) is 2.15. The van der Waals surface area contributed by atoms with Gasteiger partial charge in [-0.15, -0.1) is 0 Å². The number of hydrogen-bond acceptors (Lipinski definition) is 1. The lowest BCUT2D eigenvalue weighted by molar-refractivity contribution is -0.0864. The van der Waals surface area contributed by atoms with Crippen molar-refractivity contribution in [3.63, 3.8) is 0 Å². The summed E-state index contributed by atoms with van der Waals surface area (Å²) < 4.78 is 37.3. The van der Waals surface area contributed by atoms with Gasteiger partial charge in [0.1, 0.15) is 11.6 Å². The largest absolute Gasteiger partial charge is 0.426 e. The van der Waals surface area contributed by atoms with Gasteiger partial charge in [-0.2, -0.15) is 18.4 Å². The molecule has 0 spiro atoms. The van der Waals surface area contributed by atoms with Gasteiger partial charge in [-0.3, -0.25) is 0 Å². The van der Waals surface area contributed by atoms with Crippen LogP contribution in [0.15, 0.2) is 34.3 Å². The molecule has 0 bridgehead atoms. The monoisotopic (exact) mass is 275 g/mol. The van der Waals surface area contributed by atoms with Gasteiger partial charge in [0.25, 0.3) is 0 Å². The molecule has 5 heteroatoms. The molecule has 0 fully saturated rings. The van der Waals surface area contributed by atoms with Gasteiger partial charge in [-0.05, 0) is 23.8 Å². The fourth-order valence-electron chi connectivity index (χ4n) is 0.903. The van der Waals surface area contributed by atoms with Gasteiger partial charge < -0.3 is 0 Å². The molecule has 15 heavy (non-hydrogen) atoms. The van der Waals surface area contributed by atoms with E-state index in [9.17, 15) is 13.2 Å². The fraction of sp³-hybridized carbons (Fsp3) is 0.100. The molecule has 1 aromatic carbocycles. The summed E-state index contributed by atoms with van der Waals surface area (Å²) >= 11 is 3.16. The number of alkyl halides is 3. The predicted molar refractivity (Wildman–Crippen MR) is 53.8 cm³/mol. The maximum atomic E-state index is 12.2. The van der Waals surface area contributed by atoms with E-state index in [0.717, 1.165) is 16.6 Å². The van der Waals surface area contributed by atoms with Crippen LogP contribution in [0, 0.1) is 11.3 Å². The van der Waals surface area contributed by atoms with Crippen LogP contribution in [0.3, 0.4) is 0 Å². The molecule has 0 unspecified atom stereocenters. The summed E-state index contributed by atoms with van der Waals surface area (Å²) in [6.45, 7) is 0. The molecule has 0 aliphatic rings. The third-order valence-corrected chi connectivity index (χ3v) is 2.14. The summed E-state index contributed by atoms with van der Waals surface area (Å²) in [7, 11) is 0. The molecule has 0 amide bonds. The molecule has 1 aromatic rings. The Hall–Kier alpha value is -1.28. The van der Waals surface area contributed by atoms with Crippen molar-refractivity contribution in [2.75, 3.05) is 0 Å². The van der Waals surface area contributed by atoms with E-state index in [-0.39, 0.29) is 0 Å². The van der Waals surface area contributed by atoms with Crippen LogP contribution in [0.25, 0.3) is 6.08 Å². The number of benzene rings is 1. The Kier molecular flexibility index (Phi) is 3.53. The minimum Gasteiger partial charge on any atom is -0.192 e. The third kappa shape index (κ3) is 3.40. The molecule has 1 nitrogen and oxygen atoms in total. The Morgan fingerprint density at radius 3 is 2.20 bits per heavy atom.